The molecule has 0 bridgehead atoms. The van der Waals surface area contributed by atoms with Crippen molar-refractivity contribution in [1.29, 1.82) is 0 Å². The number of guanidine groups is 1. The maximum absolute atomic E-state index is 11.6. The Morgan fingerprint density at radius 2 is 1.93 bits per heavy atom. The van der Waals surface area contributed by atoms with Crippen molar-refractivity contribution in [3.63, 3.8) is 0 Å². The second-order valence-electron chi connectivity index (χ2n) is 8.26. The Bertz CT molecular complexity index is 481. The topological polar surface area (TPSA) is 69.2 Å². The van der Waals surface area contributed by atoms with E-state index in [1.807, 2.05) is 0 Å². The molecule has 1 unspecified atom stereocenters. The van der Waals surface area contributed by atoms with Gasteiger partial charge in [0.05, 0.1) is 7.11 Å². The number of carbonyl (C=O) groups is 1. The number of nitrogens with zero attached hydrogens (tertiary/aromatic N) is 3. The van der Waals surface area contributed by atoms with Crippen LogP contribution in [0, 0.1) is 11.8 Å². The fourth-order valence-electron chi connectivity index (χ4n) is 4.05. The Morgan fingerprint density at radius 3 is 2.54 bits per heavy atom. The van der Waals surface area contributed by atoms with E-state index in [0.717, 1.165) is 50.9 Å². The lowest BCUT2D eigenvalue weighted by molar-refractivity contribution is 0.111. The summed E-state index contributed by atoms with van der Waals surface area (Å²) in [5, 5.41) is 6.94. The van der Waals surface area contributed by atoms with Crippen LogP contribution in [0.15, 0.2) is 4.99 Å². The van der Waals surface area contributed by atoms with Crippen LogP contribution < -0.4 is 10.6 Å². The fraction of sp³-hybridized carbons (Fsp3) is 0.900. The lowest BCUT2D eigenvalue weighted by atomic mass is 9.97. The minimum atomic E-state index is -0.225. The van der Waals surface area contributed by atoms with Crippen molar-refractivity contribution in [3.05, 3.63) is 0 Å². The van der Waals surface area contributed by atoms with Gasteiger partial charge in [-0.2, -0.15) is 0 Å². The zero-order valence-corrected chi connectivity index (χ0v) is 20.4. The molecule has 0 radical (unpaired) electrons. The summed E-state index contributed by atoms with van der Waals surface area (Å²) < 4.78 is 4.81. The van der Waals surface area contributed by atoms with Crippen LogP contribution in [0.1, 0.15) is 46.5 Å². The molecule has 0 aliphatic carbocycles. The lowest BCUT2D eigenvalue weighted by Gasteiger charge is -2.34. The van der Waals surface area contributed by atoms with E-state index in [9.17, 15) is 4.79 Å². The Hall–Kier alpha value is -0.770. The van der Waals surface area contributed by atoms with Gasteiger partial charge in [-0.15, -0.1) is 24.0 Å². The first-order chi connectivity index (χ1) is 13.0. The number of hydrogen-bond donors (Lipinski definition) is 2. The van der Waals surface area contributed by atoms with Crippen molar-refractivity contribution < 1.29 is 9.53 Å². The average Bonchev–Trinajstić information content (AvgIpc) is 2.66. The number of aliphatic imine (C=N–C) groups is 1. The van der Waals surface area contributed by atoms with E-state index in [0.29, 0.717) is 12.0 Å². The number of amides is 1. The number of nitrogens with one attached hydrogen (secondary N) is 2. The largest absolute Gasteiger partial charge is 0.453 e. The molecule has 8 heteroatoms. The Kier molecular flexibility index (Phi) is 12.1. The van der Waals surface area contributed by atoms with Crippen LogP contribution in [-0.2, 0) is 4.74 Å². The first-order valence-corrected chi connectivity index (χ1v) is 10.6. The molecule has 0 aromatic heterocycles. The molecule has 2 saturated heterocycles. The van der Waals surface area contributed by atoms with Crippen LogP contribution in [-0.4, -0.2) is 80.8 Å². The zero-order valence-electron chi connectivity index (χ0n) is 18.1. The van der Waals surface area contributed by atoms with Crippen molar-refractivity contribution in [2.75, 3.05) is 52.9 Å². The van der Waals surface area contributed by atoms with Crippen molar-refractivity contribution >= 4 is 36.0 Å². The third-order valence-electron chi connectivity index (χ3n) is 5.35. The molecule has 0 saturated carbocycles. The number of likely N-dealkylation sites (tertiary alicyclic amines) is 2. The molecule has 28 heavy (non-hydrogen) atoms. The highest BCUT2D eigenvalue weighted by Gasteiger charge is 2.24. The highest BCUT2D eigenvalue weighted by Crippen LogP contribution is 2.18. The highest BCUT2D eigenvalue weighted by molar-refractivity contribution is 14.0. The number of rotatable bonds is 6. The molecule has 2 rings (SSSR count). The van der Waals surface area contributed by atoms with Gasteiger partial charge in [-0.05, 0) is 51.0 Å². The normalized spacial score (nSPS) is 22.0. The summed E-state index contributed by atoms with van der Waals surface area (Å²) in [6, 6.07) is 0.354. The standard InChI is InChI=1S/C20H39N5O2.HI/c1-5-21-19(23-18-8-11-25(12-9-18)20(26)27-4)22-13-17-7-6-10-24(15-17)14-16(2)3;/h16-18H,5-15H2,1-4H3,(H2,21,22,23);1H. The van der Waals surface area contributed by atoms with Crippen LogP contribution in [0.4, 0.5) is 4.79 Å². The van der Waals surface area contributed by atoms with Crippen LogP contribution in [0.3, 0.4) is 0 Å². The van der Waals surface area contributed by atoms with Crippen molar-refractivity contribution in [1.82, 2.24) is 20.4 Å². The predicted molar refractivity (Wildman–Crippen MR) is 126 cm³/mol. The van der Waals surface area contributed by atoms with Crippen molar-refractivity contribution in [2.45, 2.75) is 52.5 Å². The summed E-state index contributed by atoms with van der Waals surface area (Å²) in [6.45, 7) is 13.5. The molecule has 2 fully saturated rings. The summed E-state index contributed by atoms with van der Waals surface area (Å²) in [4.78, 5) is 20.9. The molecule has 0 aromatic rings. The van der Waals surface area contributed by atoms with Gasteiger partial charge in [0.15, 0.2) is 5.96 Å². The molecular formula is C20H40IN5O2. The molecule has 164 valence electrons. The van der Waals surface area contributed by atoms with E-state index in [1.165, 1.54) is 39.6 Å². The van der Waals surface area contributed by atoms with Gasteiger partial charge in [-0.3, -0.25) is 4.99 Å². The maximum atomic E-state index is 11.6. The number of carbonyl (C=O) groups excluding carboxylic acids is 1. The number of halogens is 1. The van der Waals surface area contributed by atoms with E-state index < -0.39 is 0 Å². The van der Waals surface area contributed by atoms with Gasteiger partial charge in [-0.25, -0.2) is 4.79 Å². The van der Waals surface area contributed by atoms with Gasteiger partial charge in [0, 0.05) is 45.3 Å². The zero-order chi connectivity index (χ0) is 19.6. The molecule has 1 amide bonds. The van der Waals surface area contributed by atoms with Crippen molar-refractivity contribution in [3.8, 4) is 0 Å². The van der Waals surface area contributed by atoms with Crippen LogP contribution in [0.5, 0.6) is 0 Å². The van der Waals surface area contributed by atoms with Gasteiger partial charge in [0.2, 0.25) is 0 Å². The fourth-order valence-corrected chi connectivity index (χ4v) is 4.05. The number of ether oxygens (including phenoxy) is 1. The summed E-state index contributed by atoms with van der Waals surface area (Å²) in [5.74, 6) is 2.28. The van der Waals surface area contributed by atoms with Gasteiger partial charge in [-0.1, -0.05) is 13.8 Å². The summed E-state index contributed by atoms with van der Waals surface area (Å²) in [7, 11) is 1.44. The van der Waals surface area contributed by atoms with Gasteiger partial charge in [0.1, 0.15) is 0 Å². The SMILES string of the molecule is CCNC(=NCC1CCCN(CC(C)C)C1)NC1CCN(C(=O)OC)CC1.I. The average molecular weight is 509 g/mol. The second-order valence-corrected chi connectivity index (χ2v) is 8.26. The minimum absolute atomic E-state index is 0. The van der Waals surface area contributed by atoms with E-state index in [2.05, 4.69) is 36.3 Å². The smallest absolute Gasteiger partial charge is 0.409 e. The molecule has 0 aromatic carbocycles. The van der Waals surface area contributed by atoms with Crippen LogP contribution in [0.25, 0.3) is 0 Å². The Morgan fingerprint density at radius 1 is 1.21 bits per heavy atom. The van der Waals surface area contributed by atoms with Gasteiger partial charge >= 0.3 is 6.09 Å². The third kappa shape index (κ3) is 8.71. The van der Waals surface area contributed by atoms with E-state index in [4.69, 9.17) is 9.73 Å². The van der Waals surface area contributed by atoms with Crippen LogP contribution in [0.2, 0.25) is 0 Å². The van der Waals surface area contributed by atoms with Gasteiger partial charge in [0.25, 0.3) is 0 Å². The molecule has 2 aliphatic heterocycles. The summed E-state index contributed by atoms with van der Waals surface area (Å²) in [6.07, 6.45) is 4.17. The first kappa shape index (κ1) is 25.3. The molecule has 2 heterocycles. The molecule has 2 N–H and O–H groups in total. The molecular weight excluding hydrogens is 469 g/mol. The molecule has 0 spiro atoms. The highest BCUT2D eigenvalue weighted by atomic mass is 127. The van der Waals surface area contributed by atoms with E-state index in [1.54, 1.807) is 4.90 Å². The maximum Gasteiger partial charge on any atom is 0.409 e. The van der Waals surface area contributed by atoms with E-state index >= 15 is 0 Å². The van der Waals surface area contributed by atoms with Crippen LogP contribution >= 0.6 is 24.0 Å². The molecule has 1 atom stereocenters. The number of methoxy groups -OCH3 is 1. The minimum Gasteiger partial charge on any atom is -0.453 e. The van der Waals surface area contributed by atoms with E-state index in [-0.39, 0.29) is 30.1 Å². The number of hydrogen-bond acceptors (Lipinski definition) is 4. The monoisotopic (exact) mass is 509 g/mol. The molecule has 2 aliphatic rings. The number of piperidine rings is 2. The molecule has 7 nitrogen and oxygen atoms in total. The Labute approximate surface area is 188 Å². The summed E-state index contributed by atoms with van der Waals surface area (Å²) in [5.41, 5.74) is 0. The summed E-state index contributed by atoms with van der Waals surface area (Å²) >= 11 is 0. The van der Waals surface area contributed by atoms with Gasteiger partial charge < -0.3 is 25.2 Å². The quantitative estimate of drug-likeness (QED) is 0.328. The first-order valence-electron chi connectivity index (χ1n) is 10.6. The lowest BCUT2D eigenvalue weighted by Crippen LogP contribution is -2.50. The third-order valence-corrected chi connectivity index (χ3v) is 5.35. The predicted octanol–water partition coefficient (Wildman–Crippen LogP) is 2.76. The van der Waals surface area contributed by atoms with Crippen molar-refractivity contribution in [2.24, 2.45) is 16.8 Å². The second kappa shape index (κ2) is 13.5. The Balaban J connectivity index is 0.00000392.